The van der Waals surface area contributed by atoms with E-state index in [2.05, 4.69) is 4.98 Å². The molecule has 0 radical (unpaired) electrons. The van der Waals surface area contributed by atoms with Crippen molar-refractivity contribution < 1.29 is 64.9 Å². The van der Waals surface area contributed by atoms with Gasteiger partial charge in [0.15, 0.2) is 0 Å². The number of benzene rings is 2. The quantitative estimate of drug-likeness (QED) is 0.0302. The van der Waals surface area contributed by atoms with Crippen LogP contribution in [0.4, 0.5) is 32.2 Å². The van der Waals surface area contributed by atoms with Gasteiger partial charge in [-0.1, -0.05) is 72.3 Å². The number of esters is 2. The molecule has 0 amide bonds. The second-order valence-corrected chi connectivity index (χ2v) is 15.1. The summed E-state index contributed by atoms with van der Waals surface area (Å²) in [5.74, 6) is -4.02. The molecule has 0 aliphatic heterocycles. The predicted octanol–water partition coefficient (Wildman–Crippen LogP) is 8.77. The van der Waals surface area contributed by atoms with Crippen molar-refractivity contribution in [1.29, 1.82) is 0 Å². The summed E-state index contributed by atoms with van der Waals surface area (Å²) in [5, 5.41) is 22.1. The average Bonchev–Trinajstić information content (AvgIpc) is 3.59. The van der Waals surface area contributed by atoms with E-state index in [1.807, 2.05) is 0 Å². The zero-order valence-electron chi connectivity index (χ0n) is 32.0. The summed E-state index contributed by atoms with van der Waals surface area (Å²) in [6.07, 6.45) is -10.9. The second-order valence-electron chi connectivity index (χ2n) is 14.2. The maximum Gasteiger partial charge on any atom is 0.432 e. The van der Waals surface area contributed by atoms with Crippen LogP contribution in [0.2, 0.25) is 0 Å². The minimum Gasteiger partial charge on any atom is -0.457 e. The number of aromatic amines is 1. The first kappa shape index (κ1) is 46.9. The number of aromatic nitrogens is 1. The largest absolute Gasteiger partial charge is 0.457 e. The number of carbonyl (C=O) groups excluding carboxylic acids is 2. The van der Waals surface area contributed by atoms with Crippen LogP contribution in [0.5, 0.6) is 0 Å². The Bertz CT molecular complexity index is 1850. The van der Waals surface area contributed by atoms with Gasteiger partial charge in [-0.05, 0) is 58.3 Å². The number of nitro groups is 1. The SMILES string of the molecule is CO[C@@](C(=O)O[C@H](CC/C(C)=C/CC[C@@](C)(Cl)[C@@H](Cc1c[nH]c([N+](=O)[O-])c1)OC(=O)[C@](OC)(c1ccccc1)C(F)(F)F)C(C)(C)O)(c1ccccc1)C(F)(F)F. The van der Waals surface area contributed by atoms with Crippen LogP contribution in [-0.4, -0.2) is 76.2 Å². The summed E-state index contributed by atoms with van der Waals surface area (Å²) >= 11 is 6.92. The van der Waals surface area contributed by atoms with Gasteiger partial charge in [0.1, 0.15) is 12.2 Å². The minimum absolute atomic E-state index is 0.0311. The fourth-order valence-corrected chi connectivity index (χ4v) is 6.45. The Balaban J connectivity index is 1.85. The topological polar surface area (TPSA) is 150 Å². The number of H-pyrrole nitrogens is 1. The number of nitrogens with one attached hydrogen (secondary N) is 1. The molecule has 1 aromatic heterocycles. The lowest BCUT2D eigenvalue weighted by atomic mass is 9.90. The Hall–Kier alpha value is -4.45. The molecule has 3 rings (SSSR count). The van der Waals surface area contributed by atoms with Crippen molar-refractivity contribution in [2.45, 2.75) is 106 Å². The summed E-state index contributed by atoms with van der Waals surface area (Å²) in [4.78, 5) is 38.3. The molecule has 2 N–H and O–H groups in total. The van der Waals surface area contributed by atoms with Crippen LogP contribution < -0.4 is 0 Å². The van der Waals surface area contributed by atoms with Crippen molar-refractivity contribution in [3.8, 4) is 0 Å². The molecule has 2 aromatic carbocycles. The van der Waals surface area contributed by atoms with E-state index in [0.29, 0.717) is 12.7 Å². The fraction of sp³-hybridized carbons (Fsp3) is 0.487. The molecule has 18 heteroatoms. The summed E-state index contributed by atoms with van der Waals surface area (Å²) in [7, 11) is 1.43. The Morgan fingerprint density at radius 1 is 0.860 bits per heavy atom. The third-order valence-corrected chi connectivity index (χ3v) is 10.0. The molecule has 1 heterocycles. The highest BCUT2D eigenvalue weighted by Gasteiger charge is 2.66. The van der Waals surface area contributed by atoms with E-state index >= 15 is 0 Å². The van der Waals surface area contributed by atoms with Gasteiger partial charge in [0, 0.05) is 43.4 Å². The van der Waals surface area contributed by atoms with Gasteiger partial charge in [0.2, 0.25) is 0 Å². The van der Waals surface area contributed by atoms with Crippen molar-refractivity contribution in [3.63, 3.8) is 0 Å². The molecule has 11 nitrogen and oxygen atoms in total. The van der Waals surface area contributed by atoms with Crippen LogP contribution in [0.15, 0.2) is 84.6 Å². The number of carbonyl (C=O) groups is 2. The molecule has 0 aliphatic carbocycles. The average molecular weight is 835 g/mol. The van der Waals surface area contributed by atoms with E-state index in [1.54, 1.807) is 13.0 Å². The van der Waals surface area contributed by atoms with Crippen LogP contribution in [0, 0.1) is 10.1 Å². The van der Waals surface area contributed by atoms with Crippen LogP contribution in [0.1, 0.15) is 70.1 Å². The molecule has 57 heavy (non-hydrogen) atoms. The Kier molecular flexibility index (Phi) is 15.2. The highest BCUT2D eigenvalue weighted by atomic mass is 35.5. The second kappa shape index (κ2) is 18.4. The van der Waals surface area contributed by atoms with Gasteiger partial charge >= 0.3 is 30.1 Å². The van der Waals surface area contributed by atoms with Crippen molar-refractivity contribution in [2.24, 2.45) is 0 Å². The maximum atomic E-state index is 14.7. The molecule has 0 saturated carbocycles. The maximum absolute atomic E-state index is 14.7. The van der Waals surface area contributed by atoms with Crippen molar-refractivity contribution in [2.75, 3.05) is 14.2 Å². The first-order chi connectivity index (χ1) is 26.4. The van der Waals surface area contributed by atoms with E-state index in [-0.39, 0.29) is 37.7 Å². The number of halogens is 7. The number of hydrogen-bond donors (Lipinski definition) is 2. The number of ether oxygens (including phenoxy) is 4. The molecule has 0 fully saturated rings. The van der Waals surface area contributed by atoms with Crippen LogP contribution >= 0.6 is 11.6 Å². The number of methoxy groups -OCH3 is 2. The zero-order valence-corrected chi connectivity index (χ0v) is 32.8. The summed E-state index contributed by atoms with van der Waals surface area (Å²) in [5.41, 5.74) is -9.10. The van der Waals surface area contributed by atoms with Crippen molar-refractivity contribution in [3.05, 3.63) is 111 Å². The molecule has 0 saturated heterocycles. The highest BCUT2D eigenvalue weighted by Crippen LogP contribution is 2.45. The number of alkyl halides is 7. The molecular formula is C39H45ClF6N2O9. The van der Waals surface area contributed by atoms with Crippen molar-refractivity contribution in [1.82, 2.24) is 4.98 Å². The highest BCUT2D eigenvalue weighted by molar-refractivity contribution is 6.24. The van der Waals surface area contributed by atoms with Gasteiger partial charge in [-0.25, -0.2) is 14.6 Å². The number of rotatable bonds is 19. The third kappa shape index (κ3) is 10.7. The van der Waals surface area contributed by atoms with E-state index in [0.717, 1.165) is 37.4 Å². The fourth-order valence-electron chi connectivity index (χ4n) is 6.22. The molecule has 5 atom stereocenters. The van der Waals surface area contributed by atoms with E-state index < -0.39 is 80.0 Å². The van der Waals surface area contributed by atoms with Crippen LogP contribution in [0.3, 0.4) is 0 Å². The molecule has 3 aromatic rings. The molecule has 0 aliphatic rings. The molecular weight excluding hydrogens is 790 g/mol. The third-order valence-electron chi connectivity index (χ3n) is 9.58. The monoisotopic (exact) mass is 834 g/mol. The number of hydrogen-bond acceptors (Lipinski definition) is 9. The van der Waals surface area contributed by atoms with Gasteiger partial charge in [-0.2, -0.15) is 26.3 Å². The van der Waals surface area contributed by atoms with Crippen molar-refractivity contribution >= 4 is 29.4 Å². The molecule has 314 valence electrons. The van der Waals surface area contributed by atoms with E-state index in [9.17, 15) is 51.2 Å². The number of nitrogens with zero attached hydrogens (tertiary/aromatic N) is 1. The van der Waals surface area contributed by atoms with Gasteiger partial charge < -0.3 is 34.2 Å². The summed E-state index contributed by atoms with van der Waals surface area (Å²) in [6.45, 7) is 5.60. The Labute approximate surface area is 330 Å². The zero-order chi connectivity index (χ0) is 43.0. The molecule has 0 bridgehead atoms. The lowest BCUT2D eigenvalue weighted by Crippen LogP contribution is -2.54. The van der Waals surface area contributed by atoms with Gasteiger partial charge in [-0.15, -0.1) is 11.6 Å². The van der Waals surface area contributed by atoms with E-state index in [4.69, 9.17) is 30.5 Å². The smallest absolute Gasteiger partial charge is 0.432 e. The molecule has 0 unspecified atom stereocenters. The van der Waals surface area contributed by atoms with Gasteiger partial charge in [0.05, 0.1) is 16.7 Å². The lowest BCUT2D eigenvalue weighted by Gasteiger charge is -2.37. The number of aliphatic hydroxyl groups is 1. The lowest BCUT2D eigenvalue weighted by molar-refractivity contribution is -0.389. The van der Waals surface area contributed by atoms with E-state index in [1.165, 1.54) is 63.4 Å². The van der Waals surface area contributed by atoms with Crippen LogP contribution in [-0.2, 0) is 46.2 Å². The minimum atomic E-state index is -5.30. The molecule has 0 spiro atoms. The van der Waals surface area contributed by atoms with Crippen LogP contribution in [0.25, 0.3) is 0 Å². The summed E-state index contributed by atoms with van der Waals surface area (Å²) < 4.78 is 108. The van der Waals surface area contributed by atoms with Gasteiger partial charge in [0.25, 0.3) is 11.2 Å². The number of allylic oxidation sites excluding steroid dienone is 2. The normalized spacial score (nSPS) is 17.1. The predicted molar refractivity (Wildman–Crippen MR) is 196 cm³/mol. The van der Waals surface area contributed by atoms with Gasteiger partial charge in [-0.3, -0.25) is 0 Å². The standard InChI is InChI=1S/C39H45ClF6N2O9/c1-25(19-20-29(34(2,3)51)56-32(49)36(54-5,38(41,42)43)27-15-9-7-10-16-27)14-13-21-35(4,40)30(22-26-23-31(47-24-26)48(52)53)57-33(50)37(55-6,39(44,45)46)28-17-11-8-12-18-28/h7-12,14-18,23-24,29-30,47,51H,13,19-22H2,1-6H3/b25-14+/t29-,30-,35-,36-,37-/m1/s1. The Morgan fingerprint density at radius 2 is 1.32 bits per heavy atom. The Morgan fingerprint density at radius 3 is 1.70 bits per heavy atom. The summed E-state index contributed by atoms with van der Waals surface area (Å²) in [6, 6.07) is 13.4. The first-order valence-corrected chi connectivity index (χ1v) is 17.9. The first-order valence-electron chi connectivity index (χ1n) is 17.5.